The van der Waals surface area contributed by atoms with Crippen LogP contribution in [-0.4, -0.2) is 21.2 Å². The first-order chi connectivity index (χ1) is 15.0. The first kappa shape index (κ1) is 21.2. The standard InChI is InChI=1S/C24H20ClN3O2S/c1-16-10-12-17(13-11-16)14-28-23(30)18-6-2-4-8-20(18)27-24(28)31-15-22(29)26-21-9-5-3-7-19(21)25/h2-13H,14-15H2,1H3,(H,26,29). The number of halogens is 1. The molecule has 156 valence electrons. The molecule has 0 aliphatic heterocycles. The summed E-state index contributed by atoms with van der Waals surface area (Å²) in [6.45, 7) is 2.40. The minimum absolute atomic E-state index is 0.101. The number of para-hydroxylation sites is 2. The Labute approximate surface area is 189 Å². The van der Waals surface area contributed by atoms with Crippen LogP contribution in [0.2, 0.25) is 5.02 Å². The van der Waals surface area contributed by atoms with Gasteiger partial charge in [0.05, 0.1) is 33.9 Å². The van der Waals surface area contributed by atoms with E-state index in [4.69, 9.17) is 11.6 Å². The number of rotatable bonds is 6. The Balaban J connectivity index is 1.62. The fourth-order valence-electron chi connectivity index (χ4n) is 3.15. The zero-order valence-corrected chi connectivity index (χ0v) is 18.4. The van der Waals surface area contributed by atoms with E-state index in [-0.39, 0.29) is 17.2 Å². The number of thioether (sulfide) groups is 1. The van der Waals surface area contributed by atoms with Gasteiger partial charge in [0.1, 0.15) is 0 Å². The molecule has 0 atom stereocenters. The smallest absolute Gasteiger partial charge is 0.262 e. The van der Waals surface area contributed by atoms with Crippen molar-refractivity contribution in [2.45, 2.75) is 18.6 Å². The minimum Gasteiger partial charge on any atom is -0.324 e. The number of nitrogens with zero attached hydrogens (tertiary/aromatic N) is 2. The molecule has 3 aromatic carbocycles. The number of carbonyl (C=O) groups excluding carboxylic acids is 1. The maximum atomic E-state index is 13.2. The number of fused-ring (bicyclic) bond motifs is 1. The van der Waals surface area contributed by atoms with Gasteiger partial charge < -0.3 is 5.32 Å². The fourth-order valence-corrected chi connectivity index (χ4v) is 4.13. The number of hydrogen-bond acceptors (Lipinski definition) is 4. The number of aromatic nitrogens is 2. The predicted molar refractivity (Wildman–Crippen MR) is 127 cm³/mol. The molecule has 0 saturated carbocycles. The van der Waals surface area contributed by atoms with Gasteiger partial charge in [-0.2, -0.15) is 0 Å². The molecule has 1 amide bonds. The van der Waals surface area contributed by atoms with Gasteiger partial charge in [0.25, 0.3) is 5.56 Å². The van der Waals surface area contributed by atoms with Crippen molar-refractivity contribution in [2.75, 3.05) is 11.1 Å². The van der Waals surface area contributed by atoms with Crippen LogP contribution < -0.4 is 10.9 Å². The third-order valence-electron chi connectivity index (χ3n) is 4.77. The van der Waals surface area contributed by atoms with E-state index in [1.165, 1.54) is 11.8 Å². The maximum absolute atomic E-state index is 13.2. The van der Waals surface area contributed by atoms with Crippen LogP contribution in [0.25, 0.3) is 10.9 Å². The van der Waals surface area contributed by atoms with Crippen molar-refractivity contribution in [2.24, 2.45) is 0 Å². The van der Waals surface area contributed by atoms with Crippen LogP contribution in [-0.2, 0) is 11.3 Å². The van der Waals surface area contributed by atoms with E-state index in [1.54, 1.807) is 41.0 Å². The van der Waals surface area contributed by atoms with Gasteiger partial charge in [-0.05, 0) is 36.8 Å². The molecular weight excluding hydrogens is 430 g/mol. The topological polar surface area (TPSA) is 64.0 Å². The molecule has 1 aromatic heterocycles. The second-order valence-corrected chi connectivity index (χ2v) is 8.45. The van der Waals surface area contributed by atoms with E-state index in [9.17, 15) is 9.59 Å². The largest absolute Gasteiger partial charge is 0.324 e. The van der Waals surface area contributed by atoms with Crippen molar-refractivity contribution in [3.05, 3.63) is 99.3 Å². The summed E-state index contributed by atoms with van der Waals surface area (Å²) < 4.78 is 1.63. The van der Waals surface area contributed by atoms with Crippen LogP contribution in [0, 0.1) is 6.92 Å². The van der Waals surface area contributed by atoms with Gasteiger partial charge in [0.2, 0.25) is 5.91 Å². The molecule has 0 fully saturated rings. The van der Waals surface area contributed by atoms with E-state index in [2.05, 4.69) is 10.3 Å². The van der Waals surface area contributed by atoms with Crippen molar-refractivity contribution < 1.29 is 4.79 Å². The Morgan fingerprint density at radius 3 is 2.52 bits per heavy atom. The van der Waals surface area contributed by atoms with Crippen molar-refractivity contribution in [1.29, 1.82) is 0 Å². The quantitative estimate of drug-likeness (QED) is 0.327. The van der Waals surface area contributed by atoms with Crippen molar-refractivity contribution in [3.8, 4) is 0 Å². The van der Waals surface area contributed by atoms with Crippen molar-refractivity contribution >= 4 is 45.9 Å². The first-order valence-corrected chi connectivity index (χ1v) is 11.1. The Morgan fingerprint density at radius 2 is 1.74 bits per heavy atom. The average molecular weight is 450 g/mol. The molecule has 0 bridgehead atoms. The first-order valence-electron chi connectivity index (χ1n) is 9.73. The van der Waals surface area contributed by atoms with Crippen LogP contribution in [0.1, 0.15) is 11.1 Å². The lowest BCUT2D eigenvalue weighted by atomic mass is 10.1. The summed E-state index contributed by atoms with van der Waals surface area (Å²) in [6.07, 6.45) is 0. The number of nitrogens with one attached hydrogen (secondary N) is 1. The van der Waals surface area contributed by atoms with E-state index >= 15 is 0 Å². The van der Waals surface area contributed by atoms with E-state index < -0.39 is 0 Å². The lowest BCUT2D eigenvalue weighted by Crippen LogP contribution is -2.25. The SMILES string of the molecule is Cc1ccc(Cn2c(SCC(=O)Nc3ccccc3Cl)nc3ccccc3c2=O)cc1. The zero-order valence-electron chi connectivity index (χ0n) is 16.8. The second-order valence-electron chi connectivity index (χ2n) is 7.11. The Hall–Kier alpha value is -3.09. The lowest BCUT2D eigenvalue weighted by molar-refractivity contribution is -0.113. The maximum Gasteiger partial charge on any atom is 0.262 e. The molecule has 0 radical (unpaired) electrons. The molecule has 1 N–H and O–H groups in total. The van der Waals surface area contributed by atoms with Gasteiger partial charge in [-0.15, -0.1) is 0 Å². The summed E-state index contributed by atoms with van der Waals surface area (Å²) in [5.41, 5.74) is 3.19. The molecule has 4 aromatic rings. The van der Waals surface area contributed by atoms with Gasteiger partial charge in [0.15, 0.2) is 5.16 Å². The Morgan fingerprint density at radius 1 is 1.03 bits per heavy atom. The van der Waals surface area contributed by atoms with Gasteiger partial charge in [0, 0.05) is 0 Å². The molecule has 4 rings (SSSR count). The number of amides is 1. The summed E-state index contributed by atoms with van der Waals surface area (Å²) in [7, 11) is 0. The highest BCUT2D eigenvalue weighted by molar-refractivity contribution is 7.99. The Kier molecular flexibility index (Phi) is 6.39. The lowest BCUT2D eigenvalue weighted by Gasteiger charge is -2.13. The van der Waals surface area contributed by atoms with Gasteiger partial charge in [-0.3, -0.25) is 14.2 Å². The number of hydrogen-bond donors (Lipinski definition) is 1. The fraction of sp³-hybridized carbons (Fsp3) is 0.125. The van der Waals surface area contributed by atoms with Crippen LogP contribution in [0.15, 0.2) is 82.7 Å². The summed E-state index contributed by atoms with van der Waals surface area (Å²) in [6, 6.07) is 22.3. The molecule has 0 aliphatic rings. The monoisotopic (exact) mass is 449 g/mol. The van der Waals surface area contributed by atoms with Crippen molar-refractivity contribution in [1.82, 2.24) is 9.55 Å². The zero-order chi connectivity index (χ0) is 21.8. The molecular formula is C24H20ClN3O2S. The van der Waals surface area contributed by atoms with Crippen LogP contribution in [0.4, 0.5) is 5.69 Å². The summed E-state index contributed by atoms with van der Waals surface area (Å²) in [4.78, 5) is 30.3. The summed E-state index contributed by atoms with van der Waals surface area (Å²) >= 11 is 7.35. The van der Waals surface area contributed by atoms with E-state index in [0.717, 1.165) is 11.1 Å². The highest BCUT2D eigenvalue weighted by atomic mass is 35.5. The molecule has 0 unspecified atom stereocenters. The molecule has 7 heteroatoms. The molecule has 0 aliphatic carbocycles. The number of carbonyl (C=O) groups is 1. The number of benzene rings is 3. The Bertz CT molecular complexity index is 1300. The highest BCUT2D eigenvalue weighted by Crippen LogP contribution is 2.22. The van der Waals surface area contributed by atoms with Crippen molar-refractivity contribution in [3.63, 3.8) is 0 Å². The number of aryl methyl sites for hydroxylation is 1. The van der Waals surface area contributed by atoms with E-state index in [1.807, 2.05) is 43.3 Å². The molecule has 1 heterocycles. The summed E-state index contributed by atoms with van der Waals surface area (Å²) in [5, 5.41) is 4.33. The minimum atomic E-state index is -0.220. The van der Waals surface area contributed by atoms with E-state index in [0.29, 0.717) is 33.3 Å². The van der Waals surface area contributed by atoms with Crippen LogP contribution >= 0.6 is 23.4 Å². The predicted octanol–water partition coefficient (Wildman–Crippen LogP) is 5.14. The van der Waals surface area contributed by atoms with Crippen LogP contribution in [0.5, 0.6) is 0 Å². The molecule has 31 heavy (non-hydrogen) atoms. The van der Waals surface area contributed by atoms with Gasteiger partial charge >= 0.3 is 0 Å². The second kappa shape index (κ2) is 9.37. The molecule has 0 saturated heterocycles. The molecule has 5 nitrogen and oxygen atoms in total. The third-order valence-corrected chi connectivity index (χ3v) is 6.07. The van der Waals surface area contributed by atoms with Crippen LogP contribution in [0.3, 0.4) is 0 Å². The average Bonchev–Trinajstić information content (AvgIpc) is 2.77. The molecule has 0 spiro atoms. The van der Waals surface area contributed by atoms with Gasteiger partial charge in [-0.1, -0.05) is 77.5 Å². The highest BCUT2D eigenvalue weighted by Gasteiger charge is 2.14. The summed E-state index contributed by atoms with van der Waals surface area (Å²) in [5.74, 6) is -0.119. The van der Waals surface area contributed by atoms with Gasteiger partial charge in [-0.25, -0.2) is 4.98 Å². The third kappa shape index (κ3) is 4.98. The normalized spacial score (nSPS) is 10.9. The number of anilines is 1.